The minimum atomic E-state index is 0.561. The highest BCUT2D eigenvalue weighted by molar-refractivity contribution is 7.99. The van der Waals surface area contributed by atoms with E-state index in [2.05, 4.69) is 61.3 Å². The fourth-order valence-corrected chi connectivity index (χ4v) is 3.53. The Kier molecular flexibility index (Phi) is 4.93. The Balaban J connectivity index is 1.88. The zero-order valence-corrected chi connectivity index (χ0v) is 11.7. The number of nitrogens with one attached hydrogen (secondary N) is 1. The molecule has 1 aromatic rings. The van der Waals surface area contributed by atoms with Crippen LogP contribution in [0.1, 0.15) is 38.2 Å². The Labute approximate surface area is 109 Å². The normalized spacial score (nSPS) is 21.1. The highest BCUT2D eigenvalue weighted by atomic mass is 32.2. The molecule has 0 aromatic heterocycles. The van der Waals surface area contributed by atoms with Crippen molar-refractivity contribution in [2.24, 2.45) is 0 Å². The molecule has 0 saturated carbocycles. The van der Waals surface area contributed by atoms with Crippen LogP contribution in [0.2, 0.25) is 0 Å². The molecular weight excluding hydrogens is 226 g/mol. The molecule has 94 valence electrons. The van der Waals surface area contributed by atoms with Gasteiger partial charge in [0.25, 0.3) is 0 Å². The van der Waals surface area contributed by atoms with Crippen LogP contribution in [-0.2, 0) is 0 Å². The first-order valence-corrected chi connectivity index (χ1v) is 7.81. The molecule has 1 heterocycles. The molecule has 1 saturated heterocycles. The Morgan fingerprint density at radius 3 is 2.41 bits per heavy atom. The van der Waals surface area contributed by atoms with E-state index in [1.165, 1.54) is 29.9 Å². The van der Waals surface area contributed by atoms with E-state index in [9.17, 15) is 0 Å². The fraction of sp³-hybridized carbons (Fsp3) is 0.600. The van der Waals surface area contributed by atoms with Crippen molar-refractivity contribution in [1.29, 1.82) is 0 Å². The number of benzene rings is 1. The summed E-state index contributed by atoms with van der Waals surface area (Å²) < 4.78 is 0. The predicted octanol–water partition coefficient (Wildman–Crippen LogP) is 3.66. The van der Waals surface area contributed by atoms with Gasteiger partial charge in [-0.1, -0.05) is 37.3 Å². The molecular formula is C15H23NS. The lowest BCUT2D eigenvalue weighted by Gasteiger charge is -2.29. The van der Waals surface area contributed by atoms with Gasteiger partial charge in [-0.3, -0.25) is 0 Å². The summed E-state index contributed by atoms with van der Waals surface area (Å²) in [5.41, 5.74) is 1.44. The predicted molar refractivity (Wildman–Crippen MR) is 77.8 cm³/mol. The Morgan fingerprint density at radius 1 is 1.12 bits per heavy atom. The molecule has 2 atom stereocenters. The van der Waals surface area contributed by atoms with Crippen molar-refractivity contribution >= 4 is 11.8 Å². The summed E-state index contributed by atoms with van der Waals surface area (Å²) in [6.45, 7) is 4.64. The molecule has 17 heavy (non-hydrogen) atoms. The number of hydrogen-bond acceptors (Lipinski definition) is 2. The molecule has 0 aliphatic carbocycles. The Morgan fingerprint density at radius 2 is 1.76 bits per heavy atom. The van der Waals surface area contributed by atoms with Crippen LogP contribution < -0.4 is 5.32 Å². The van der Waals surface area contributed by atoms with Gasteiger partial charge in [0.15, 0.2) is 0 Å². The van der Waals surface area contributed by atoms with Gasteiger partial charge in [0, 0.05) is 12.1 Å². The van der Waals surface area contributed by atoms with Crippen molar-refractivity contribution in [3.8, 4) is 0 Å². The summed E-state index contributed by atoms with van der Waals surface area (Å²) >= 11 is 2.09. The van der Waals surface area contributed by atoms with E-state index in [-0.39, 0.29) is 0 Å². The Hall–Kier alpha value is -0.470. The fourth-order valence-electron chi connectivity index (χ4n) is 2.43. The molecule has 1 aromatic carbocycles. The van der Waals surface area contributed by atoms with Gasteiger partial charge >= 0.3 is 0 Å². The van der Waals surface area contributed by atoms with Gasteiger partial charge in [-0.15, -0.1) is 0 Å². The molecule has 0 bridgehead atoms. The van der Waals surface area contributed by atoms with Crippen molar-refractivity contribution in [3.63, 3.8) is 0 Å². The van der Waals surface area contributed by atoms with E-state index in [4.69, 9.17) is 0 Å². The van der Waals surface area contributed by atoms with Crippen LogP contribution in [0.4, 0.5) is 0 Å². The minimum absolute atomic E-state index is 0.561. The summed E-state index contributed by atoms with van der Waals surface area (Å²) in [5, 5.41) is 3.80. The van der Waals surface area contributed by atoms with Gasteiger partial charge in [0.05, 0.1) is 0 Å². The Bertz CT molecular complexity index is 319. The molecule has 1 fully saturated rings. The second-order valence-corrected chi connectivity index (χ2v) is 6.27. The maximum Gasteiger partial charge on any atom is 0.0107 e. The van der Waals surface area contributed by atoms with Crippen LogP contribution in [0.5, 0.6) is 0 Å². The molecule has 1 nitrogen and oxygen atoms in total. The van der Waals surface area contributed by atoms with E-state index in [1.807, 2.05) is 0 Å². The third kappa shape index (κ3) is 3.75. The van der Waals surface area contributed by atoms with E-state index in [1.54, 1.807) is 0 Å². The van der Waals surface area contributed by atoms with Crippen LogP contribution >= 0.6 is 11.8 Å². The zero-order chi connectivity index (χ0) is 12.1. The van der Waals surface area contributed by atoms with Crippen LogP contribution in [0.3, 0.4) is 0 Å². The monoisotopic (exact) mass is 249 g/mol. The topological polar surface area (TPSA) is 12.0 Å². The van der Waals surface area contributed by atoms with E-state index < -0.39 is 0 Å². The summed E-state index contributed by atoms with van der Waals surface area (Å²) in [4.78, 5) is 0. The molecule has 2 rings (SSSR count). The van der Waals surface area contributed by atoms with Crippen LogP contribution in [0.15, 0.2) is 30.3 Å². The summed E-state index contributed by atoms with van der Waals surface area (Å²) in [5.74, 6) is 3.24. The second kappa shape index (κ2) is 6.46. The van der Waals surface area contributed by atoms with E-state index in [0.29, 0.717) is 12.0 Å². The molecule has 0 unspecified atom stereocenters. The average Bonchev–Trinajstić information content (AvgIpc) is 2.40. The SMILES string of the molecule is C[C@@H](NC1CCSCC1)[C@@H](C)c1ccccc1. The maximum atomic E-state index is 3.80. The lowest BCUT2D eigenvalue weighted by molar-refractivity contribution is 0.390. The van der Waals surface area contributed by atoms with Gasteiger partial charge in [0.1, 0.15) is 0 Å². The maximum absolute atomic E-state index is 3.80. The number of hydrogen-bond donors (Lipinski definition) is 1. The zero-order valence-electron chi connectivity index (χ0n) is 10.9. The van der Waals surface area contributed by atoms with Gasteiger partial charge in [-0.05, 0) is 42.8 Å². The van der Waals surface area contributed by atoms with Crippen molar-refractivity contribution in [2.75, 3.05) is 11.5 Å². The van der Waals surface area contributed by atoms with Gasteiger partial charge in [-0.25, -0.2) is 0 Å². The minimum Gasteiger partial charge on any atom is -0.311 e. The first-order chi connectivity index (χ1) is 8.27. The summed E-state index contributed by atoms with van der Waals surface area (Å²) in [7, 11) is 0. The molecule has 1 N–H and O–H groups in total. The van der Waals surface area contributed by atoms with Crippen LogP contribution in [-0.4, -0.2) is 23.6 Å². The molecule has 0 spiro atoms. The standard InChI is InChI=1S/C15H23NS/c1-12(14-6-4-3-5-7-14)13(2)16-15-8-10-17-11-9-15/h3-7,12-13,15-16H,8-11H2,1-2H3/t12-,13-/m1/s1. The smallest absolute Gasteiger partial charge is 0.0107 e. The summed E-state index contributed by atoms with van der Waals surface area (Å²) in [6, 6.07) is 12.1. The second-order valence-electron chi connectivity index (χ2n) is 5.04. The molecule has 1 aliphatic rings. The highest BCUT2D eigenvalue weighted by Gasteiger charge is 2.19. The number of thioether (sulfide) groups is 1. The average molecular weight is 249 g/mol. The summed E-state index contributed by atoms with van der Waals surface area (Å²) in [6.07, 6.45) is 2.66. The van der Waals surface area contributed by atoms with Crippen LogP contribution in [0.25, 0.3) is 0 Å². The van der Waals surface area contributed by atoms with E-state index >= 15 is 0 Å². The molecule has 2 heteroatoms. The van der Waals surface area contributed by atoms with Gasteiger partial charge < -0.3 is 5.32 Å². The third-order valence-electron chi connectivity index (χ3n) is 3.80. The van der Waals surface area contributed by atoms with E-state index in [0.717, 1.165) is 6.04 Å². The van der Waals surface area contributed by atoms with Crippen LogP contribution in [0, 0.1) is 0 Å². The largest absolute Gasteiger partial charge is 0.311 e. The lowest BCUT2D eigenvalue weighted by atomic mass is 9.93. The van der Waals surface area contributed by atoms with Crippen molar-refractivity contribution < 1.29 is 0 Å². The van der Waals surface area contributed by atoms with Gasteiger partial charge in [-0.2, -0.15) is 11.8 Å². The first kappa shape index (κ1) is 13.0. The number of rotatable bonds is 4. The molecule has 0 amide bonds. The van der Waals surface area contributed by atoms with Gasteiger partial charge in [0.2, 0.25) is 0 Å². The van der Waals surface area contributed by atoms with Crippen molar-refractivity contribution in [2.45, 2.75) is 44.7 Å². The first-order valence-electron chi connectivity index (χ1n) is 6.66. The highest BCUT2D eigenvalue weighted by Crippen LogP contribution is 2.22. The lowest BCUT2D eigenvalue weighted by Crippen LogP contribution is -2.41. The quantitative estimate of drug-likeness (QED) is 0.874. The third-order valence-corrected chi connectivity index (χ3v) is 4.84. The van der Waals surface area contributed by atoms with Crippen molar-refractivity contribution in [1.82, 2.24) is 5.32 Å². The molecule has 0 radical (unpaired) electrons. The molecule has 1 aliphatic heterocycles. The van der Waals surface area contributed by atoms with Crippen molar-refractivity contribution in [3.05, 3.63) is 35.9 Å².